The fourth-order valence-electron chi connectivity index (χ4n) is 5.28. The Balaban J connectivity index is 1.66. The third-order valence-electron chi connectivity index (χ3n) is 7.04. The van der Waals surface area contributed by atoms with E-state index in [2.05, 4.69) is 17.2 Å². The van der Waals surface area contributed by atoms with Crippen molar-refractivity contribution >= 4 is 34.3 Å². The summed E-state index contributed by atoms with van der Waals surface area (Å²) in [5, 5.41) is 5.98. The van der Waals surface area contributed by atoms with Crippen molar-refractivity contribution in [1.29, 1.82) is 0 Å². The Bertz CT molecular complexity index is 1560. The molecule has 1 aliphatic rings. The van der Waals surface area contributed by atoms with Crippen LogP contribution in [0, 0.1) is 0 Å². The second-order valence-electron chi connectivity index (χ2n) is 9.44. The molecule has 0 saturated heterocycles. The van der Waals surface area contributed by atoms with Crippen LogP contribution in [0.4, 0.5) is 5.69 Å². The zero-order chi connectivity index (χ0) is 25.9. The van der Waals surface area contributed by atoms with Crippen molar-refractivity contribution < 1.29 is 9.59 Å². The van der Waals surface area contributed by atoms with Gasteiger partial charge in [-0.1, -0.05) is 63.1 Å². The molecule has 0 aliphatic heterocycles. The smallest absolute Gasteiger partial charge is 0.267 e. The highest BCUT2D eigenvalue weighted by Gasteiger charge is 2.23. The number of carbonyl (C=O) groups excluding carboxylic acids is 2. The topological polar surface area (TPSA) is 97.5 Å². The molecule has 0 radical (unpaired) electrons. The van der Waals surface area contributed by atoms with Crippen LogP contribution in [0.15, 0.2) is 66.0 Å². The molecular weight excluding hydrogens is 466 g/mol. The van der Waals surface area contributed by atoms with Gasteiger partial charge in [0, 0.05) is 17.3 Å². The maximum atomic E-state index is 14.1. The molecule has 0 spiro atoms. The number of carbonyl (C=O) groups is 2. The third-order valence-corrected chi connectivity index (χ3v) is 7.04. The molecule has 2 amide bonds. The molecule has 2 aromatic heterocycles. The largest absolute Gasteiger partial charge is 0.352 e. The normalized spacial score (nSPS) is 14.1. The van der Waals surface area contributed by atoms with Gasteiger partial charge in [-0.2, -0.15) is 0 Å². The van der Waals surface area contributed by atoms with Gasteiger partial charge in [-0.05, 0) is 43.5 Å². The number of anilines is 1. The van der Waals surface area contributed by atoms with Gasteiger partial charge in [0.05, 0.1) is 22.3 Å². The summed E-state index contributed by atoms with van der Waals surface area (Å²) in [6.07, 6.45) is 7.18. The summed E-state index contributed by atoms with van der Waals surface area (Å²) < 4.78 is 3.40. The highest BCUT2D eigenvalue weighted by Crippen LogP contribution is 2.30. The number of imidazole rings is 1. The number of nitrogens with one attached hydrogen (secondary N) is 2. The second-order valence-corrected chi connectivity index (χ2v) is 9.44. The van der Waals surface area contributed by atoms with Crippen molar-refractivity contribution in [2.24, 2.45) is 0 Å². The minimum Gasteiger partial charge on any atom is -0.352 e. The van der Waals surface area contributed by atoms with Crippen LogP contribution in [0.3, 0.4) is 0 Å². The maximum absolute atomic E-state index is 14.1. The first-order chi connectivity index (χ1) is 18.0. The van der Waals surface area contributed by atoms with E-state index in [1.807, 2.05) is 41.8 Å². The van der Waals surface area contributed by atoms with Gasteiger partial charge in [-0.3, -0.25) is 14.4 Å². The Morgan fingerprint density at radius 3 is 2.49 bits per heavy atom. The molecule has 2 heterocycles. The Morgan fingerprint density at radius 2 is 1.76 bits per heavy atom. The quantitative estimate of drug-likeness (QED) is 0.369. The molecule has 1 aliphatic carbocycles. The van der Waals surface area contributed by atoms with Crippen LogP contribution >= 0.6 is 0 Å². The maximum Gasteiger partial charge on any atom is 0.267 e. The van der Waals surface area contributed by atoms with E-state index >= 15 is 0 Å². The average Bonchev–Trinajstić information content (AvgIpc) is 3.23. The summed E-state index contributed by atoms with van der Waals surface area (Å²) in [4.78, 5) is 44.2. The summed E-state index contributed by atoms with van der Waals surface area (Å²) in [5.74, 6) is -0.0116. The minimum absolute atomic E-state index is 0.0778. The molecule has 2 N–H and O–H groups in total. The first-order valence-corrected chi connectivity index (χ1v) is 12.9. The van der Waals surface area contributed by atoms with Gasteiger partial charge >= 0.3 is 0 Å². The number of nitrogens with zero attached hydrogens (tertiary/aromatic N) is 3. The minimum atomic E-state index is -0.361. The average molecular weight is 498 g/mol. The molecule has 1 fully saturated rings. The van der Waals surface area contributed by atoms with Crippen LogP contribution in [-0.2, 0) is 22.6 Å². The zero-order valence-electron chi connectivity index (χ0n) is 21.0. The van der Waals surface area contributed by atoms with E-state index in [9.17, 15) is 14.4 Å². The molecule has 0 unspecified atom stereocenters. The summed E-state index contributed by atoms with van der Waals surface area (Å²) >= 11 is 0. The van der Waals surface area contributed by atoms with E-state index in [4.69, 9.17) is 4.98 Å². The van der Waals surface area contributed by atoms with Gasteiger partial charge in [0.25, 0.3) is 5.56 Å². The highest BCUT2D eigenvalue weighted by atomic mass is 16.2. The number of aryl methyl sites for hydroxylation is 1. The lowest BCUT2D eigenvalue weighted by atomic mass is 9.95. The number of hydrogen-bond donors (Lipinski definition) is 2. The Kier molecular flexibility index (Phi) is 6.90. The van der Waals surface area contributed by atoms with Gasteiger partial charge in [0.1, 0.15) is 6.54 Å². The van der Waals surface area contributed by atoms with Crippen molar-refractivity contribution in [2.45, 2.75) is 58.0 Å². The molecule has 2 aromatic carbocycles. The lowest BCUT2D eigenvalue weighted by Gasteiger charge is -2.23. The van der Waals surface area contributed by atoms with Crippen LogP contribution < -0.4 is 16.2 Å². The van der Waals surface area contributed by atoms with Gasteiger partial charge in [0.15, 0.2) is 0 Å². The fourth-order valence-corrected chi connectivity index (χ4v) is 5.28. The number of para-hydroxylation sites is 3. The van der Waals surface area contributed by atoms with E-state index in [1.54, 1.807) is 22.6 Å². The molecule has 1 saturated carbocycles. The van der Waals surface area contributed by atoms with E-state index in [0.29, 0.717) is 40.2 Å². The molecule has 5 rings (SSSR count). The van der Waals surface area contributed by atoms with Gasteiger partial charge < -0.3 is 15.2 Å². The third kappa shape index (κ3) is 4.67. The van der Waals surface area contributed by atoms with E-state index in [0.717, 1.165) is 31.2 Å². The first-order valence-electron chi connectivity index (χ1n) is 12.9. The summed E-state index contributed by atoms with van der Waals surface area (Å²) in [5.41, 5.74) is 3.32. The SMILES string of the molecule is C=CC(=O)Nc1ccccc1-c1c(CC)nc2n(CC(=O)NC3CCCCC3)c3ccccc3n2c1=O. The first kappa shape index (κ1) is 24.5. The van der Waals surface area contributed by atoms with Gasteiger partial charge in [0.2, 0.25) is 17.6 Å². The number of benzene rings is 2. The number of amides is 2. The molecule has 190 valence electrons. The number of fused-ring (bicyclic) bond motifs is 3. The molecule has 8 heteroatoms. The van der Waals surface area contributed by atoms with E-state index in [1.165, 1.54) is 12.5 Å². The molecule has 8 nitrogen and oxygen atoms in total. The number of rotatable bonds is 7. The molecule has 0 atom stereocenters. The van der Waals surface area contributed by atoms with E-state index < -0.39 is 0 Å². The van der Waals surface area contributed by atoms with Crippen molar-refractivity contribution in [3.05, 3.63) is 77.2 Å². The van der Waals surface area contributed by atoms with E-state index in [-0.39, 0.29) is 30.0 Å². The summed E-state index contributed by atoms with van der Waals surface area (Å²) in [7, 11) is 0. The van der Waals surface area contributed by atoms with Crippen molar-refractivity contribution in [3.8, 4) is 11.1 Å². The van der Waals surface area contributed by atoms with Crippen molar-refractivity contribution in [1.82, 2.24) is 19.3 Å². The van der Waals surface area contributed by atoms with Crippen LogP contribution in [0.2, 0.25) is 0 Å². The van der Waals surface area contributed by atoms with Crippen LogP contribution in [-0.4, -0.2) is 31.8 Å². The Hall–Kier alpha value is -4.20. The molecule has 0 bridgehead atoms. The van der Waals surface area contributed by atoms with Crippen molar-refractivity contribution in [2.75, 3.05) is 5.32 Å². The highest BCUT2D eigenvalue weighted by molar-refractivity contribution is 6.02. The lowest BCUT2D eigenvalue weighted by molar-refractivity contribution is -0.122. The Labute approximate surface area is 215 Å². The zero-order valence-corrected chi connectivity index (χ0v) is 21.0. The van der Waals surface area contributed by atoms with Gasteiger partial charge in [-0.25, -0.2) is 9.38 Å². The standard InChI is InChI=1S/C29H31N5O3/c1-3-21-27(20-14-8-9-15-22(20)31-25(35)4-2)28(37)34-24-17-11-10-16-23(24)33(29(34)32-21)18-26(36)30-19-12-6-5-7-13-19/h4,8-11,14-17,19H,2-3,5-7,12-13,18H2,1H3,(H,30,36)(H,31,35). The number of aromatic nitrogens is 3. The van der Waals surface area contributed by atoms with Crippen molar-refractivity contribution in [3.63, 3.8) is 0 Å². The second kappa shape index (κ2) is 10.4. The van der Waals surface area contributed by atoms with Gasteiger partial charge in [-0.15, -0.1) is 0 Å². The molecular formula is C29H31N5O3. The molecule has 37 heavy (non-hydrogen) atoms. The molecule has 4 aromatic rings. The van der Waals surface area contributed by atoms with Crippen LogP contribution in [0.5, 0.6) is 0 Å². The predicted molar refractivity (Wildman–Crippen MR) is 146 cm³/mol. The predicted octanol–water partition coefficient (Wildman–Crippen LogP) is 4.45. The summed E-state index contributed by atoms with van der Waals surface area (Å²) in [6, 6.07) is 14.9. The van der Waals surface area contributed by atoms with Crippen LogP contribution in [0.25, 0.3) is 27.9 Å². The lowest BCUT2D eigenvalue weighted by Crippen LogP contribution is -2.38. The fraction of sp³-hybridized carbons (Fsp3) is 0.310. The van der Waals surface area contributed by atoms with Crippen LogP contribution in [0.1, 0.15) is 44.7 Å². The monoisotopic (exact) mass is 497 g/mol. The summed E-state index contributed by atoms with van der Waals surface area (Å²) in [6.45, 7) is 5.54. The number of hydrogen-bond acceptors (Lipinski definition) is 4. The Morgan fingerprint density at radius 1 is 1.05 bits per heavy atom.